The zero-order valence-corrected chi connectivity index (χ0v) is 13.1. The number of hydrogen-bond donors (Lipinski definition) is 3. The van der Waals surface area contributed by atoms with Crippen LogP contribution in [0.15, 0.2) is 18.2 Å². The molecule has 0 aliphatic carbocycles. The van der Waals surface area contributed by atoms with Crippen molar-refractivity contribution in [3.63, 3.8) is 0 Å². The number of aliphatic hydroxyl groups is 1. The maximum absolute atomic E-state index is 12.0. The van der Waals surface area contributed by atoms with Crippen LogP contribution in [0.5, 0.6) is 0 Å². The second-order valence-electron chi connectivity index (χ2n) is 5.13. The molecule has 3 N–H and O–H groups in total. The van der Waals surface area contributed by atoms with Crippen LogP contribution >= 0.6 is 23.2 Å². The summed E-state index contributed by atoms with van der Waals surface area (Å²) in [6.45, 7) is 3.69. The van der Waals surface area contributed by atoms with Crippen molar-refractivity contribution in [3.8, 4) is 0 Å². The van der Waals surface area contributed by atoms with Crippen molar-refractivity contribution < 1.29 is 19.8 Å². The molecular formula is C14H17Cl2NO4. The molecule has 0 fully saturated rings. The Hall–Kier alpha value is -1.30. The fraction of sp³-hybridized carbons (Fsp3) is 0.429. The summed E-state index contributed by atoms with van der Waals surface area (Å²) >= 11 is 11.6. The summed E-state index contributed by atoms with van der Waals surface area (Å²) in [4.78, 5) is 23.1. The Kier molecular flexibility index (Phi) is 6.45. The van der Waals surface area contributed by atoms with Crippen LogP contribution in [0.1, 0.15) is 31.9 Å². The van der Waals surface area contributed by atoms with E-state index >= 15 is 0 Å². The number of amides is 1. The van der Waals surface area contributed by atoms with E-state index in [2.05, 4.69) is 5.32 Å². The second-order valence-corrected chi connectivity index (χ2v) is 6.01. The first kappa shape index (κ1) is 17.8. The highest BCUT2D eigenvalue weighted by molar-refractivity contribution is 6.34. The average molecular weight is 334 g/mol. The van der Waals surface area contributed by atoms with E-state index < -0.39 is 24.0 Å². The van der Waals surface area contributed by atoms with E-state index in [0.717, 1.165) is 0 Å². The number of aliphatic carboxylic acids is 1. The van der Waals surface area contributed by atoms with Crippen molar-refractivity contribution in [1.29, 1.82) is 0 Å². The van der Waals surface area contributed by atoms with Gasteiger partial charge in [0.05, 0.1) is 0 Å². The number of hydrogen-bond acceptors (Lipinski definition) is 3. The molecule has 0 spiro atoms. The summed E-state index contributed by atoms with van der Waals surface area (Å²) < 4.78 is 0. The lowest BCUT2D eigenvalue weighted by Gasteiger charge is -2.19. The van der Waals surface area contributed by atoms with Gasteiger partial charge in [0, 0.05) is 10.0 Å². The van der Waals surface area contributed by atoms with Crippen LogP contribution in [0.4, 0.5) is 0 Å². The van der Waals surface area contributed by atoms with Crippen LogP contribution < -0.4 is 5.32 Å². The van der Waals surface area contributed by atoms with Gasteiger partial charge < -0.3 is 15.5 Å². The third-order valence-electron chi connectivity index (χ3n) is 2.77. The van der Waals surface area contributed by atoms with Gasteiger partial charge in [0.1, 0.15) is 6.04 Å². The highest BCUT2D eigenvalue weighted by Crippen LogP contribution is 2.24. The van der Waals surface area contributed by atoms with E-state index in [1.165, 1.54) is 18.2 Å². The standard InChI is InChI=1S/C14H17Cl2NO4/c1-7(2)3-11(14(20)21)17-13(19)12(18)8-4-9(15)6-10(16)5-8/h4-7,11-12,18H,3H2,1-2H3,(H,17,19)(H,20,21)/t11-,12?/m0/s1. The molecule has 116 valence electrons. The Morgan fingerprint density at radius 3 is 2.14 bits per heavy atom. The van der Waals surface area contributed by atoms with Crippen LogP contribution in [0.2, 0.25) is 10.0 Å². The Morgan fingerprint density at radius 2 is 1.71 bits per heavy atom. The molecule has 0 radical (unpaired) electrons. The van der Waals surface area contributed by atoms with Gasteiger partial charge in [-0.15, -0.1) is 0 Å². The van der Waals surface area contributed by atoms with Gasteiger partial charge in [-0.3, -0.25) is 4.79 Å². The molecule has 0 aromatic heterocycles. The number of carbonyl (C=O) groups excluding carboxylic acids is 1. The minimum atomic E-state index is -1.53. The van der Waals surface area contributed by atoms with Crippen LogP contribution in [0.3, 0.4) is 0 Å². The minimum Gasteiger partial charge on any atom is -0.480 e. The van der Waals surface area contributed by atoms with Crippen LogP contribution in [0.25, 0.3) is 0 Å². The molecule has 0 saturated heterocycles. The molecule has 21 heavy (non-hydrogen) atoms. The first-order valence-corrected chi connectivity index (χ1v) is 7.13. The topological polar surface area (TPSA) is 86.6 Å². The maximum Gasteiger partial charge on any atom is 0.326 e. The summed E-state index contributed by atoms with van der Waals surface area (Å²) in [6, 6.07) is 3.21. The molecule has 7 heteroatoms. The predicted molar refractivity (Wildman–Crippen MR) is 80.4 cm³/mol. The Morgan fingerprint density at radius 1 is 1.19 bits per heavy atom. The zero-order chi connectivity index (χ0) is 16.2. The minimum absolute atomic E-state index is 0.0872. The summed E-state index contributed by atoms with van der Waals surface area (Å²) in [6.07, 6.45) is -1.26. The van der Waals surface area contributed by atoms with Gasteiger partial charge in [0.2, 0.25) is 0 Å². The maximum atomic E-state index is 12.0. The van der Waals surface area contributed by atoms with Crippen molar-refractivity contribution in [3.05, 3.63) is 33.8 Å². The number of carboxylic acid groups (broad SMARTS) is 1. The molecule has 0 aliphatic rings. The van der Waals surface area contributed by atoms with Gasteiger partial charge in [-0.1, -0.05) is 37.0 Å². The number of halogens is 2. The van der Waals surface area contributed by atoms with E-state index in [-0.39, 0.29) is 27.9 Å². The summed E-state index contributed by atoms with van der Waals surface area (Å²) in [7, 11) is 0. The number of rotatable bonds is 6. The van der Waals surface area contributed by atoms with E-state index in [1.54, 1.807) is 0 Å². The third-order valence-corrected chi connectivity index (χ3v) is 3.21. The van der Waals surface area contributed by atoms with E-state index in [9.17, 15) is 14.7 Å². The molecule has 1 aromatic carbocycles. The van der Waals surface area contributed by atoms with Crippen LogP contribution in [0, 0.1) is 5.92 Å². The summed E-state index contributed by atoms with van der Waals surface area (Å²) in [5.74, 6) is -1.86. The molecule has 1 rings (SSSR count). The lowest BCUT2D eigenvalue weighted by molar-refractivity contribution is -0.144. The highest BCUT2D eigenvalue weighted by atomic mass is 35.5. The largest absolute Gasteiger partial charge is 0.480 e. The highest BCUT2D eigenvalue weighted by Gasteiger charge is 2.25. The smallest absolute Gasteiger partial charge is 0.326 e. The zero-order valence-electron chi connectivity index (χ0n) is 11.6. The van der Waals surface area contributed by atoms with Gasteiger partial charge in [-0.05, 0) is 36.1 Å². The van der Waals surface area contributed by atoms with Gasteiger partial charge in [-0.2, -0.15) is 0 Å². The molecular weight excluding hydrogens is 317 g/mol. The Labute approximate surface area is 132 Å². The third kappa shape index (κ3) is 5.53. The van der Waals surface area contributed by atoms with Gasteiger partial charge >= 0.3 is 5.97 Å². The normalized spacial score (nSPS) is 13.8. The number of aliphatic hydroxyl groups excluding tert-OH is 1. The molecule has 0 heterocycles. The van der Waals surface area contributed by atoms with Gasteiger partial charge in [-0.25, -0.2) is 4.79 Å². The molecule has 2 atom stereocenters. The van der Waals surface area contributed by atoms with Gasteiger partial charge in [0.25, 0.3) is 5.91 Å². The molecule has 5 nitrogen and oxygen atoms in total. The molecule has 1 amide bonds. The number of carbonyl (C=O) groups is 2. The SMILES string of the molecule is CC(C)C[C@H](NC(=O)C(O)c1cc(Cl)cc(Cl)c1)C(=O)O. The average Bonchev–Trinajstić information content (AvgIpc) is 2.35. The number of carboxylic acids is 1. The molecule has 1 unspecified atom stereocenters. The van der Waals surface area contributed by atoms with Crippen molar-refractivity contribution in [2.45, 2.75) is 32.4 Å². The first-order chi connectivity index (χ1) is 9.70. The van der Waals surface area contributed by atoms with Crippen molar-refractivity contribution >= 4 is 35.1 Å². The van der Waals surface area contributed by atoms with Gasteiger partial charge in [0.15, 0.2) is 6.10 Å². The Bertz CT molecular complexity index is 513. The lowest BCUT2D eigenvalue weighted by atomic mass is 10.0. The second kappa shape index (κ2) is 7.64. The van der Waals surface area contributed by atoms with Crippen LogP contribution in [-0.4, -0.2) is 28.1 Å². The van der Waals surface area contributed by atoms with Crippen molar-refractivity contribution in [2.75, 3.05) is 0 Å². The fourth-order valence-corrected chi connectivity index (χ4v) is 2.37. The molecule has 0 bridgehead atoms. The van der Waals surface area contributed by atoms with E-state index in [4.69, 9.17) is 28.3 Å². The van der Waals surface area contributed by atoms with Crippen molar-refractivity contribution in [1.82, 2.24) is 5.32 Å². The van der Waals surface area contributed by atoms with E-state index in [0.29, 0.717) is 0 Å². The van der Waals surface area contributed by atoms with Crippen molar-refractivity contribution in [2.24, 2.45) is 5.92 Å². The first-order valence-electron chi connectivity index (χ1n) is 6.38. The fourth-order valence-electron chi connectivity index (χ4n) is 1.83. The summed E-state index contributed by atoms with van der Waals surface area (Å²) in [5.41, 5.74) is 0.207. The quantitative estimate of drug-likeness (QED) is 0.746. The monoisotopic (exact) mass is 333 g/mol. The predicted octanol–water partition coefficient (Wildman–Crippen LogP) is 2.64. The molecule has 0 saturated carbocycles. The summed E-state index contributed by atoms with van der Waals surface area (Å²) in [5, 5.41) is 21.9. The van der Waals surface area contributed by atoms with Crippen LogP contribution in [-0.2, 0) is 9.59 Å². The number of nitrogens with one attached hydrogen (secondary N) is 1. The van der Waals surface area contributed by atoms with E-state index in [1.807, 2.05) is 13.8 Å². The molecule has 0 aliphatic heterocycles. The lowest BCUT2D eigenvalue weighted by Crippen LogP contribution is -2.43. The molecule has 1 aromatic rings. The Balaban J connectivity index is 2.83. The number of benzene rings is 1.